The second-order valence-electron chi connectivity index (χ2n) is 9.84. The van der Waals surface area contributed by atoms with Gasteiger partial charge < -0.3 is 15.2 Å². The molecule has 0 spiro atoms. The maximum Gasteiger partial charge on any atom is 0.471 e. The topological polar surface area (TPSA) is 122 Å². The Kier molecular flexibility index (Phi) is 9.65. The number of aliphatic hydroxyl groups is 1. The number of alkyl halides is 3. The van der Waals surface area contributed by atoms with Crippen molar-refractivity contribution >= 4 is 12.0 Å². The Balaban J connectivity index is 1.80. The Hall–Kier alpha value is -3.97. The number of amides is 2. The largest absolute Gasteiger partial charge is 0.471 e. The van der Waals surface area contributed by atoms with E-state index in [1.54, 1.807) is 80.1 Å². The zero-order chi connectivity index (χ0) is 28.6. The monoisotopic (exact) mass is 548 g/mol. The van der Waals surface area contributed by atoms with Crippen LogP contribution in [-0.2, 0) is 22.5 Å². The van der Waals surface area contributed by atoms with Crippen LogP contribution < -0.4 is 10.7 Å². The van der Waals surface area contributed by atoms with Crippen LogP contribution >= 0.6 is 0 Å². The van der Waals surface area contributed by atoms with E-state index in [1.165, 1.54) is 17.7 Å². The third kappa shape index (κ3) is 9.69. The minimum absolute atomic E-state index is 0.0687. The molecular weight excluding hydrogens is 517 g/mol. The van der Waals surface area contributed by atoms with Crippen LogP contribution in [0.15, 0.2) is 67.3 Å². The standard InChI is InChI=1S/C26H31F3N6O4/c1-25(2,3)39-24(38)33-34(14-19-9-11-20(12-10-19)35-17-30-16-31-35)15-22(36)21(32-23(37)26(27,28)29)13-18-7-5-4-6-8-18/h4-12,16-17,21-22,36H,13-15H2,1-3H3,(H,32,37)(H,33,38). The van der Waals surface area contributed by atoms with E-state index in [9.17, 15) is 27.9 Å². The van der Waals surface area contributed by atoms with Crippen molar-refractivity contribution in [3.8, 4) is 5.69 Å². The maximum atomic E-state index is 13.0. The molecule has 2 amide bonds. The number of ether oxygens (including phenoxy) is 1. The minimum Gasteiger partial charge on any atom is -0.443 e. The van der Waals surface area contributed by atoms with Gasteiger partial charge in [-0.1, -0.05) is 42.5 Å². The van der Waals surface area contributed by atoms with Gasteiger partial charge in [0.05, 0.1) is 17.8 Å². The van der Waals surface area contributed by atoms with Crippen molar-refractivity contribution < 1.29 is 32.6 Å². The molecule has 13 heteroatoms. The molecule has 2 unspecified atom stereocenters. The molecule has 1 heterocycles. The maximum absolute atomic E-state index is 13.0. The lowest BCUT2D eigenvalue weighted by atomic mass is 10.0. The number of carbonyl (C=O) groups excluding carboxylic acids is 2. The van der Waals surface area contributed by atoms with Crippen molar-refractivity contribution in [1.82, 2.24) is 30.5 Å². The summed E-state index contributed by atoms with van der Waals surface area (Å²) >= 11 is 0. The molecule has 0 fully saturated rings. The summed E-state index contributed by atoms with van der Waals surface area (Å²) in [4.78, 5) is 28.2. The van der Waals surface area contributed by atoms with Crippen LogP contribution in [-0.4, -0.2) is 67.3 Å². The highest BCUT2D eigenvalue weighted by molar-refractivity contribution is 5.82. The summed E-state index contributed by atoms with van der Waals surface area (Å²) in [6.45, 7) is 4.78. The first kappa shape index (κ1) is 29.6. The summed E-state index contributed by atoms with van der Waals surface area (Å²) in [5.41, 5.74) is 3.79. The van der Waals surface area contributed by atoms with Crippen molar-refractivity contribution in [3.63, 3.8) is 0 Å². The molecule has 3 rings (SSSR count). The second kappa shape index (κ2) is 12.7. The summed E-state index contributed by atoms with van der Waals surface area (Å²) in [6, 6.07) is 14.2. The number of nitrogens with zero attached hydrogens (tertiary/aromatic N) is 4. The lowest BCUT2D eigenvalue weighted by molar-refractivity contribution is -0.175. The van der Waals surface area contributed by atoms with Crippen molar-refractivity contribution in [2.24, 2.45) is 0 Å². The van der Waals surface area contributed by atoms with Crippen LogP contribution in [0.4, 0.5) is 18.0 Å². The SMILES string of the molecule is CC(C)(C)OC(=O)NN(Cc1ccc(-n2cncn2)cc1)CC(O)C(Cc1ccccc1)NC(=O)C(F)(F)F. The average Bonchev–Trinajstić information content (AvgIpc) is 3.38. The lowest BCUT2D eigenvalue weighted by Crippen LogP contribution is -2.55. The third-order valence-electron chi connectivity index (χ3n) is 5.39. The van der Waals surface area contributed by atoms with Crippen LogP contribution in [0, 0.1) is 0 Å². The Morgan fingerprint density at radius 1 is 1.05 bits per heavy atom. The van der Waals surface area contributed by atoms with Gasteiger partial charge in [-0.25, -0.2) is 19.5 Å². The molecule has 0 aliphatic heterocycles. The zero-order valence-electron chi connectivity index (χ0n) is 21.7. The Labute approximate surface area is 223 Å². The van der Waals surface area contributed by atoms with Crippen LogP contribution in [0.3, 0.4) is 0 Å². The first-order chi connectivity index (χ1) is 18.3. The third-order valence-corrected chi connectivity index (χ3v) is 5.39. The number of nitrogens with one attached hydrogen (secondary N) is 2. The molecule has 3 aromatic rings. The molecule has 0 aliphatic rings. The predicted molar refractivity (Wildman–Crippen MR) is 135 cm³/mol. The normalized spacial score (nSPS) is 13.5. The van der Waals surface area contributed by atoms with Gasteiger partial charge in [0.2, 0.25) is 0 Å². The Morgan fingerprint density at radius 2 is 1.72 bits per heavy atom. The zero-order valence-corrected chi connectivity index (χ0v) is 21.7. The number of aliphatic hydroxyl groups excluding tert-OH is 1. The first-order valence-electron chi connectivity index (χ1n) is 12.1. The summed E-state index contributed by atoms with van der Waals surface area (Å²) in [5, 5.41) is 18.3. The van der Waals surface area contributed by atoms with Crippen molar-refractivity contribution in [1.29, 1.82) is 0 Å². The molecule has 2 atom stereocenters. The molecule has 3 N–H and O–H groups in total. The molecule has 0 radical (unpaired) electrons. The number of rotatable bonds is 10. The smallest absolute Gasteiger partial charge is 0.443 e. The van der Waals surface area contributed by atoms with Crippen molar-refractivity contribution in [2.45, 2.75) is 57.7 Å². The minimum atomic E-state index is -5.13. The average molecular weight is 549 g/mol. The number of aromatic nitrogens is 3. The van der Waals surface area contributed by atoms with Crippen LogP contribution in [0.5, 0.6) is 0 Å². The molecule has 39 heavy (non-hydrogen) atoms. The number of benzene rings is 2. The molecule has 210 valence electrons. The van der Waals surface area contributed by atoms with Crippen molar-refractivity contribution in [3.05, 3.63) is 78.4 Å². The van der Waals surface area contributed by atoms with E-state index in [-0.39, 0.29) is 19.5 Å². The second-order valence-corrected chi connectivity index (χ2v) is 9.84. The summed E-state index contributed by atoms with van der Waals surface area (Å²) < 4.78 is 46.0. The van der Waals surface area contributed by atoms with Gasteiger partial charge in [0.1, 0.15) is 18.3 Å². The van der Waals surface area contributed by atoms with Crippen LogP contribution in [0.25, 0.3) is 5.69 Å². The highest BCUT2D eigenvalue weighted by Crippen LogP contribution is 2.17. The molecule has 2 aromatic carbocycles. The van der Waals surface area contributed by atoms with E-state index >= 15 is 0 Å². The Bertz CT molecular complexity index is 1200. The number of halogens is 3. The van der Waals surface area contributed by atoms with Gasteiger partial charge >= 0.3 is 18.2 Å². The van der Waals surface area contributed by atoms with Gasteiger partial charge in [-0.15, -0.1) is 0 Å². The molecule has 0 aliphatic carbocycles. The van der Waals surface area contributed by atoms with Gasteiger partial charge in [0, 0.05) is 13.1 Å². The molecule has 0 saturated carbocycles. The summed E-state index contributed by atoms with van der Waals surface area (Å²) in [5.74, 6) is -2.17. The van der Waals surface area contributed by atoms with E-state index in [1.807, 2.05) is 5.32 Å². The number of carbonyl (C=O) groups is 2. The molecule has 0 saturated heterocycles. The van der Waals surface area contributed by atoms with Gasteiger partial charge in [0.15, 0.2) is 0 Å². The van der Waals surface area contributed by atoms with Gasteiger partial charge in [-0.05, 0) is 50.5 Å². The molecule has 1 aromatic heterocycles. The van der Waals surface area contributed by atoms with E-state index in [2.05, 4.69) is 15.5 Å². The summed E-state index contributed by atoms with van der Waals surface area (Å²) in [6.07, 6.45) is -4.59. The highest BCUT2D eigenvalue weighted by Gasteiger charge is 2.41. The molecular formula is C26H31F3N6O4. The van der Waals surface area contributed by atoms with Crippen LogP contribution in [0.2, 0.25) is 0 Å². The van der Waals surface area contributed by atoms with E-state index in [0.717, 1.165) is 5.69 Å². The molecule has 10 nitrogen and oxygen atoms in total. The number of hydrazine groups is 1. The first-order valence-corrected chi connectivity index (χ1v) is 12.1. The van der Waals surface area contributed by atoms with Gasteiger partial charge in [-0.2, -0.15) is 18.3 Å². The lowest BCUT2D eigenvalue weighted by Gasteiger charge is -2.31. The fourth-order valence-corrected chi connectivity index (χ4v) is 3.65. The van der Waals surface area contributed by atoms with Crippen molar-refractivity contribution in [2.75, 3.05) is 6.54 Å². The van der Waals surface area contributed by atoms with E-state index < -0.39 is 35.9 Å². The Morgan fingerprint density at radius 3 is 2.28 bits per heavy atom. The van der Waals surface area contributed by atoms with Crippen LogP contribution in [0.1, 0.15) is 31.9 Å². The summed E-state index contributed by atoms with van der Waals surface area (Å²) in [7, 11) is 0. The van der Waals surface area contributed by atoms with Gasteiger partial charge in [0.25, 0.3) is 0 Å². The predicted octanol–water partition coefficient (Wildman–Crippen LogP) is 3.16. The fourth-order valence-electron chi connectivity index (χ4n) is 3.65. The number of hydrogen-bond donors (Lipinski definition) is 3. The quantitative estimate of drug-likeness (QED) is 0.333. The highest BCUT2D eigenvalue weighted by atomic mass is 19.4. The van der Waals surface area contributed by atoms with Gasteiger partial charge in [-0.3, -0.25) is 10.2 Å². The fraction of sp³-hybridized carbons (Fsp3) is 0.385. The van der Waals surface area contributed by atoms with E-state index in [4.69, 9.17) is 4.74 Å². The molecule has 0 bridgehead atoms. The number of hydrogen-bond acceptors (Lipinski definition) is 7. The van der Waals surface area contributed by atoms with E-state index in [0.29, 0.717) is 11.1 Å².